The van der Waals surface area contributed by atoms with Crippen LogP contribution >= 0.6 is 11.6 Å². The highest BCUT2D eigenvalue weighted by Crippen LogP contribution is 2.35. The first-order valence-electron chi connectivity index (χ1n) is 5.84. The van der Waals surface area contributed by atoms with Gasteiger partial charge in [0.25, 0.3) is 0 Å². The van der Waals surface area contributed by atoms with Crippen LogP contribution in [0.5, 0.6) is 5.75 Å². The van der Waals surface area contributed by atoms with Gasteiger partial charge < -0.3 is 15.4 Å². The quantitative estimate of drug-likeness (QED) is 0.768. The Morgan fingerprint density at radius 3 is 2.59 bits per heavy atom. The molecule has 0 radical (unpaired) electrons. The van der Waals surface area contributed by atoms with Gasteiger partial charge in [-0.2, -0.15) is 0 Å². The summed E-state index contributed by atoms with van der Waals surface area (Å²) in [5, 5.41) is 7.31. The lowest BCUT2D eigenvalue weighted by Crippen LogP contribution is -2.13. The van der Waals surface area contributed by atoms with Crippen LogP contribution in [-0.4, -0.2) is 27.2 Å². The monoisotopic (exact) mass is 256 g/mol. The molecule has 4 heteroatoms. The summed E-state index contributed by atoms with van der Waals surface area (Å²) in [5.74, 6) is 0.855. The van der Waals surface area contributed by atoms with Crippen molar-refractivity contribution in [1.29, 1.82) is 0 Å². The molecule has 3 nitrogen and oxygen atoms in total. The van der Waals surface area contributed by atoms with Crippen molar-refractivity contribution < 1.29 is 4.74 Å². The maximum atomic E-state index is 6.24. The van der Waals surface area contributed by atoms with E-state index in [0.29, 0.717) is 0 Å². The van der Waals surface area contributed by atoms with Crippen LogP contribution in [0.1, 0.15) is 17.5 Å². The summed E-state index contributed by atoms with van der Waals surface area (Å²) in [6.07, 6.45) is 1.06. The Morgan fingerprint density at radius 1 is 1.29 bits per heavy atom. The summed E-state index contributed by atoms with van der Waals surface area (Å²) in [5.41, 5.74) is 3.09. The Labute approximate surface area is 109 Å². The van der Waals surface area contributed by atoms with Gasteiger partial charge in [-0.25, -0.2) is 0 Å². The van der Waals surface area contributed by atoms with Gasteiger partial charge in [-0.15, -0.1) is 0 Å². The van der Waals surface area contributed by atoms with Crippen LogP contribution in [0.2, 0.25) is 5.02 Å². The fraction of sp³-hybridized carbons (Fsp3) is 0.538. The number of benzene rings is 1. The first kappa shape index (κ1) is 14.1. The van der Waals surface area contributed by atoms with Crippen molar-refractivity contribution in [2.24, 2.45) is 0 Å². The topological polar surface area (TPSA) is 33.3 Å². The maximum absolute atomic E-state index is 6.24. The first-order valence-corrected chi connectivity index (χ1v) is 6.21. The standard InChI is InChI=1S/C13H21ClN2O/c1-9-8-11(17-4)13(10(2)12(9)14)16-7-5-6-15-3/h8,15-16H,5-7H2,1-4H3. The van der Waals surface area contributed by atoms with E-state index >= 15 is 0 Å². The highest BCUT2D eigenvalue weighted by Gasteiger charge is 2.11. The van der Waals surface area contributed by atoms with Crippen molar-refractivity contribution in [3.05, 3.63) is 22.2 Å². The van der Waals surface area contributed by atoms with Crippen molar-refractivity contribution in [3.63, 3.8) is 0 Å². The minimum absolute atomic E-state index is 0.807. The molecule has 1 aromatic carbocycles. The molecule has 0 aliphatic heterocycles. The van der Waals surface area contributed by atoms with E-state index < -0.39 is 0 Å². The number of rotatable bonds is 6. The third-order valence-electron chi connectivity index (χ3n) is 2.77. The van der Waals surface area contributed by atoms with E-state index in [4.69, 9.17) is 16.3 Å². The van der Waals surface area contributed by atoms with E-state index in [0.717, 1.165) is 47.1 Å². The molecule has 0 saturated carbocycles. The number of aryl methyl sites for hydroxylation is 1. The van der Waals surface area contributed by atoms with Crippen molar-refractivity contribution in [3.8, 4) is 5.75 Å². The van der Waals surface area contributed by atoms with Crippen molar-refractivity contribution >= 4 is 17.3 Å². The van der Waals surface area contributed by atoms with E-state index in [1.54, 1.807) is 7.11 Å². The molecule has 0 fully saturated rings. The third-order valence-corrected chi connectivity index (χ3v) is 3.35. The number of ether oxygens (including phenoxy) is 1. The lowest BCUT2D eigenvalue weighted by Gasteiger charge is -2.16. The summed E-state index contributed by atoms with van der Waals surface area (Å²) >= 11 is 6.24. The predicted octanol–water partition coefficient (Wildman–Crippen LogP) is 2.99. The summed E-state index contributed by atoms with van der Waals surface area (Å²) in [6, 6.07) is 1.97. The van der Waals surface area contributed by atoms with Crippen molar-refractivity contribution in [2.75, 3.05) is 32.6 Å². The molecule has 0 bridgehead atoms. The van der Waals surface area contributed by atoms with Crippen LogP contribution in [0.4, 0.5) is 5.69 Å². The second kappa shape index (κ2) is 6.72. The second-order valence-electron chi connectivity index (χ2n) is 4.09. The lowest BCUT2D eigenvalue weighted by atomic mass is 10.1. The van der Waals surface area contributed by atoms with E-state index in [2.05, 4.69) is 10.6 Å². The van der Waals surface area contributed by atoms with Gasteiger partial charge in [0.1, 0.15) is 5.75 Å². The molecule has 0 unspecified atom stereocenters. The fourth-order valence-electron chi connectivity index (χ4n) is 1.78. The van der Waals surface area contributed by atoms with Crippen LogP contribution in [0.15, 0.2) is 6.07 Å². The molecule has 0 saturated heterocycles. The van der Waals surface area contributed by atoms with Gasteiger partial charge >= 0.3 is 0 Å². The maximum Gasteiger partial charge on any atom is 0.142 e. The number of methoxy groups -OCH3 is 1. The number of anilines is 1. The molecule has 1 aromatic rings. The zero-order valence-electron chi connectivity index (χ0n) is 11.0. The van der Waals surface area contributed by atoms with Gasteiger partial charge in [0.05, 0.1) is 12.8 Å². The van der Waals surface area contributed by atoms with Crippen molar-refractivity contribution in [2.45, 2.75) is 20.3 Å². The SMILES string of the molecule is CNCCCNc1c(OC)cc(C)c(Cl)c1C. The van der Waals surface area contributed by atoms with Crippen LogP contribution in [-0.2, 0) is 0 Å². The smallest absolute Gasteiger partial charge is 0.142 e. The average Bonchev–Trinajstić information content (AvgIpc) is 2.33. The van der Waals surface area contributed by atoms with Gasteiger partial charge in [-0.1, -0.05) is 11.6 Å². The molecule has 0 aliphatic rings. The predicted molar refractivity (Wildman–Crippen MR) is 74.5 cm³/mol. The zero-order chi connectivity index (χ0) is 12.8. The number of hydrogen-bond donors (Lipinski definition) is 2. The highest BCUT2D eigenvalue weighted by atomic mass is 35.5. The van der Waals surface area contributed by atoms with Gasteiger partial charge in [0.15, 0.2) is 0 Å². The molecule has 0 amide bonds. The molecule has 17 heavy (non-hydrogen) atoms. The van der Waals surface area contributed by atoms with Crippen LogP contribution in [0.25, 0.3) is 0 Å². The molecule has 0 spiro atoms. The Bertz CT molecular complexity index is 380. The van der Waals surface area contributed by atoms with Crippen LogP contribution < -0.4 is 15.4 Å². The molecule has 0 aliphatic carbocycles. The van der Waals surface area contributed by atoms with Crippen molar-refractivity contribution in [1.82, 2.24) is 5.32 Å². The normalized spacial score (nSPS) is 10.4. The number of halogens is 1. The Morgan fingerprint density at radius 2 is 2.00 bits per heavy atom. The highest BCUT2D eigenvalue weighted by molar-refractivity contribution is 6.32. The first-order chi connectivity index (χ1) is 8.11. The molecule has 0 heterocycles. The molecule has 2 N–H and O–H groups in total. The Balaban J connectivity index is 2.85. The third kappa shape index (κ3) is 3.51. The molecule has 0 aromatic heterocycles. The second-order valence-corrected chi connectivity index (χ2v) is 4.47. The molecular weight excluding hydrogens is 236 g/mol. The molecule has 1 rings (SSSR count). The van der Waals surface area contributed by atoms with E-state index in [1.165, 1.54) is 0 Å². The summed E-state index contributed by atoms with van der Waals surface area (Å²) in [6.45, 7) is 5.90. The minimum Gasteiger partial charge on any atom is -0.495 e. The zero-order valence-corrected chi connectivity index (χ0v) is 11.7. The lowest BCUT2D eigenvalue weighted by molar-refractivity contribution is 0.416. The van der Waals surface area contributed by atoms with E-state index in [-0.39, 0.29) is 0 Å². The summed E-state index contributed by atoms with van der Waals surface area (Å²) < 4.78 is 5.38. The van der Waals surface area contributed by atoms with Crippen LogP contribution in [0, 0.1) is 13.8 Å². The largest absolute Gasteiger partial charge is 0.495 e. The molecular formula is C13H21ClN2O. The Kier molecular flexibility index (Phi) is 5.59. The van der Waals surface area contributed by atoms with E-state index in [1.807, 2.05) is 27.0 Å². The molecule has 96 valence electrons. The minimum atomic E-state index is 0.807. The number of nitrogens with one attached hydrogen (secondary N) is 2. The average molecular weight is 257 g/mol. The van der Waals surface area contributed by atoms with E-state index in [9.17, 15) is 0 Å². The van der Waals surface area contributed by atoms with Gasteiger partial charge in [-0.3, -0.25) is 0 Å². The van der Waals surface area contributed by atoms with Gasteiger partial charge in [0, 0.05) is 11.6 Å². The van der Waals surface area contributed by atoms with Gasteiger partial charge in [0.2, 0.25) is 0 Å². The summed E-state index contributed by atoms with van der Waals surface area (Å²) in [7, 11) is 3.63. The summed E-state index contributed by atoms with van der Waals surface area (Å²) in [4.78, 5) is 0. The van der Waals surface area contributed by atoms with Gasteiger partial charge in [-0.05, 0) is 51.1 Å². The van der Waals surface area contributed by atoms with Crippen LogP contribution in [0.3, 0.4) is 0 Å². The Hall–Kier alpha value is -0.930. The molecule has 0 atom stereocenters. The number of hydrogen-bond acceptors (Lipinski definition) is 3. The fourth-order valence-corrected chi connectivity index (χ4v) is 1.93.